The van der Waals surface area contributed by atoms with Gasteiger partial charge in [-0.1, -0.05) is 24.3 Å². The molecule has 31 heavy (non-hydrogen) atoms. The molecule has 1 atom stereocenters. The quantitative estimate of drug-likeness (QED) is 0.688. The first-order chi connectivity index (χ1) is 14.4. The number of nitrogens with one attached hydrogen (secondary N) is 3. The van der Waals surface area contributed by atoms with Crippen molar-refractivity contribution in [1.82, 2.24) is 9.97 Å². The topological polar surface area (TPSA) is 139 Å². The minimum atomic E-state index is -0.902. The Morgan fingerprint density at radius 2 is 1.84 bits per heavy atom. The Bertz CT molecular complexity index is 1050. The van der Waals surface area contributed by atoms with Crippen LogP contribution in [0.2, 0.25) is 0 Å². The van der Waals surface area contributed by atoms with Crippen molar-refractivity contribution >= 4 is 34.8 Å². The van der Waals surface area contributed by atoms with Crippen LogP contribution in [0.15, 0.2) is 35.6 Å². The van der Waals surface area contributed by atoms with E-state index in [0.717, 1.165) is 43.5 Å². The Kier molecular flexibility index (Phi) is 6.55. The number of fused-ring (bicyclic) bond motifs is 1. The molecule has 5 N–H and O–H groups in total. The first kappa shape index (κ1) is 22.2. The van der Waals surface area contributed by atoms with E-state index in [1.165, 1.54) is 0 Å². The van der Waals surface area contributed by atoms with Crippen LogP contribution in [-0.2, 0) is 9.59 Å². The summed E-state index contributed by atoms with van der Waals surface area (Å²) < 4.78 is 0. The van der Waals surface area contributed by atoms with Crippen molar-refractivity contribution in [2.75, 3.05) is 28.6 Å². The number of aromatic nitrogens is 2. The van der Waals surface area contributed by atoms with Crippen LogP contribution in [0.3, 0.4) is 0 Å². The Balaban J connectivity index is 0.00000272. The zero-order valence-corrected chi connectivity index (χ0v) is 17.5. The van der Waals surface area contributed by atoms with Crippen molar-refractivity contribution in [2.45, 2.75) is 38.5 Å². The molecule has 1 aromatic carbocycles. The number of hydrogen-bond acceptors (Lipinski definition) is 5. The molecule has 2 aliphatic rings. The highest BCUT2D eigenvalue weighted by molar-refractivity contribution is 6.04. The van der Waals surface area contributed by atoms with Gasteiger partial charge in [0.1, 0.15) is 5.82 Å². The van der Waals surface area contributed by atoms with Gasteiger partial charge in [-0.25, -0.2) is 0 Å². The number of nitrogens with zero attached hydrogens (tertiary/aromatic N) is 2. The first-order valence-corrected chi connectivity index (χ1v) is 10.2. The number of hydrogen-bond donors (Lipinski definition) is 3. The highest BCUT2D eigenvalue weighted by Gasteiger charge is 2.35. The molecule has 1 aromatic heterocycles. The molecule has 2 amide bonds. The molecule has 2 aromatic rings. The summed E-state index contributed by atoms with van der Waals surface area (Å²) in [5.41, 5.74) is 2.30. The summed E-state index contributed by atoms with van der Waals surface area (Å²) in [6, 6.07) is 7.26. The minimum absolute atomic E-state index is 0. The van der Waals surface area contributed by atoms with E-state index in [9.17, 15) is 14.4 Å². The molecule has 3 heterocycles. The van der Waals surface area contributed by atoms with Gasteiger partial charge >= 0.3 is 0 Å². The van der Waals surface area contributed by atoms with E-state index < -0.39 is 17.4 Å². The third-order valence-electron chi connectivity index (χ3n) is 5.56. The Labute approximate surface area is 179 Å². The van der Waals surface area contributed by atoms with E-state index in [4.69, 9.17) is 0 Å². The third kappa shape index (κ3) is 4.66. The van der Waals surface area contributed by atoms with Crippen LogP contribution < -0.4 is 21.1 Å². The van der Waals surface area contributed by atoms with Gasteiger partial charge in [-0.2, -0.15) is 4.98 Å². The molecular weight excluding hydrogens is 398 g/mol. The second kappa shape index (κ2) is 9.13. The molecule has 164 valence electrons. The van der Waals surface area contributed by atoms with E-state index >= 15 is 0 Å². The number of aromatic amines is 1. The van der Waals surface area contributed by atoms with Crippen LogP contribution in [0, 0.1) is 0 Å². The van der Waals surface area contributed by atoms with Crippen LogP contribution in [0.4, 0.5) is 17.5 Å². The lowest BCUT2D eigenvalue weighted by Gasteiger charge is -2.29. The standard InChI is InChI=1S/C22H25N5O3.H2O/c1-13(2)14-6-8-15(9-7-14)23-20(29)16-12-17(28)24-19-18(16)21(30)26-22(25-19)27-10-4-3-5-11-27;/h6-9,16H,1,3-5,10-12H2,2H3,(H,23,29)(H2,24,25,26,28,30);1H2. The normalized spacial score (nSPS) is 17.8. The molecule has 9 heteroatoms. The maximum absolute atomic E-state index is 12.9. The fraction of sp³-hybridized carbons (Fsp3) is 0.364. The van der Waals surface area contributed by atoms with Gasteiger partial charge < -0.3 is 21.0 Å². The van der Waals surface area contributed by atoms with E-state index in [2.05, 4.69) is 27.2 Å². The lowest BCUT2D eigenvalue weighted by atomic mass is 9.92. The largest absolute Gasteiger partial charge is 0.412 e. The lowest BCUT2D eigenvalue weighted by molar-refractivity contribution is -0.123. The number of benzene rings is 1. The van der Waals surface area contributed by atoms with Gasteiger partial charge in [0.05, 0.1) is 11.5 Å². The number of anilines is 3. The molecule has 0 bridgehead atoms. The minimum Gasteiger partial charge on any atom is -0.412 e. The number of H-pyrrole nitrogens is 1. The summed E-state index contributed by atoms with van der Waals surface area (Å²) in [5.74, 6) is -1.03. The zero-order valence-electron chi connectivity index (χ0n) is 17.5. The molecular formula is C22H27N5O4. The third-order valence-corrected chi connectivity index (χ3v) is 5.56. The summed E-state index contributed by atoms with van der Waals surface area (Å²) in [5, 5.41) is 5.47. The lowest BCUT2D eigenvalue weighted by Crippen LogP contribution is -2.38. The summed E-state index contributed by atoms with van der Waals surface area (Å²) in [6.07, 6.45) is 3.11. The predicted octanol–water partition coefficient (Wildman–Crippen LogP) is 2.03. The Morgan fingerprint density at radius 3 is 2.48 bits per heavy atom. The molecule has 0 radical (unpaired) electrons. The average Bonchev–Trinajstić information content (AvgIpc) is 2.73. The SMILES string of the molecule is C=C(C)c1ccc(NC(=O)C2CC(=O)Nc3nc(N4CCCCC4)[nH]c(=O)c32)cc1.O. The first-order valence-electron chi connectivity index (χ1n) is 10.2. The predicted molar refractivity (Wildman–Crippen MR) is 120 cm³/mol. The number of allylic oxidation sites excluding steroid dienone is 1. The van der Waals surface area contributed by atoms with Gasteiger partial charge in [0.15, 0.2) is 0 Å². The van der Waals surface area contributed by atoms with Gasteiger partial charge in [-0.3, -0.25) is 19.4 Å². The maximum Gasteiger partial charge on any atom is 0.258 e. The zero-order chi connectivity index (χ0) is 21.3. The van der Waals surface area contributed by atoms with Crippen LogP contribution in [-0.4, -0.2) is 40.3 Å². The van der Waals surface area contributed by atoms with Crippen molar-refractivity contribution in [1.29, 1.82) is 0 Å². The molecule has 1 unspecified atom stereocenters. The summed E-state index contributed by atoms with van der Waals surface area (Å²) >= 11 is 0. The Morgan fingerprint density at radius 1 is 1.16 bits per heavy atom. The second-order valence-electron chi connectivity index (χ2n) is 7.85. The second-order valence-corrected chi connectivity index (χ2v) is 7.85. The number of piperidine rings is 1. The molecule has 0 spiro atoms. The van der Waals surface area contributed by atoms with Crippen molar-refractivity contribution in [2.24, 2.45) is 0 Å². The molecule has 9 nitrogen and oxygen atoms in total. The summed E-state index contributed by atoms with van der Waals surface area (Å²) in [7, 11) is 0. The van der Waals surface area contributed by atoms with Crippen molar-refractivity contribution in [3.05, 3.63) is 52.3 Å². The number of amides is 2. The van der Waals surface area contributed by atoms with Gasteiger partial charge in [-0.05, 0) is 43.9 Å². The van der Waals surface area contributed by atoms with Crippen molar-refractivity contribution in [3.63, 3.8) is 0 Å². The van der Waals surface area contributed by atoms with Crippen LogP contribution in [0.1, 0.15) is 49.7 Å². The molecule has 0 saturated carbocycles. The monoisotopic (exact) mass is 425 g/mol. The maximum atomic E-state index is 12.9. The molecule has 1 fully saturated rings. The van der Waals surface area contributed by atoms with Gasteiger partial charge in [0, 0.05) is 25.2 Å². The highest BCUT2D eigenvalue weighted by atomic mass is 16.2. The molecule has 0 aliphatic carbocycles. The Hall–Kier alpha value is -3.46. The van der Waals surface area contributed by atoms with Gasteiger partial charge in [0.2, 0.25) is 17.8 Å². The highest BCUT2D eigenvalue weighted by Crippen LogP contribution is 2.30. The van der Waals surface area contributed by atoms with Gasteiger partial charge in [0.25, 0.3) is 5.56 Å². The summed E-state index contributed by atoms with van der Waals surface area (Å²) in [4.78, 5) is 47.3. The number of rotatable bonds is 4. The van der Waals surface area contributed by atoms with Crippen LogP contribution in [0.25, 0.3) is 5.57 Å². The van der Waals surface area contributed by atoms with Gasteiger partial charge in [-0.15, -0.1) is 0 Å². The number of carbonyl (C=O) groups excluding carboxylic acids is 2. The fourth-order valence-electron chi connectivity index (χ4n) is 3.91. The smallest absolute Gasteiger partial charge is 0.258 e. The van der Waals surface area contributed by atoms with Crippen molar-refractivity contribution < 1.29 is 15.1 Å². The molecule has 1 saturated heterocycles. The number of carbonyl (C=O) groups is 2. The van der Waals surface area contributed by atoms with Crippen LogP contribution in [0.5, 0.6) is 0 Å². The molecule has 2 aliphatic heterocycles. The van der Waals surface area contributed by atoms with Crippen molar-refractivity contribution in [3.8, 4) is 0 Å². The van der Waals surface area contributed by atoms with E-state index in [1.807, 2.05) is 24.0 Å². The average molecular weight is 425 g/mol. The molecule has 4 rings (SSSR count). The van der Waals surface area contributed by atoms with E-state index in [0.29, 0.717) is 11.6 Å². The fourth-order valence-corrected chi connectivity index (χ4v) is 3.91. The van der Waals surface area contributed by atoms with E-state index in [-0.39, 0.29) is 29.2 Å². The van der Waals surface area contributed by atoms with Crippen LogP contribution >= 0.6 is 0 Å². The summed E-state index contributed by atoms with van der Waals surface area (Å²) in [6.45, 7) is 7.41. The van der Waals surface area contributed by atoms with E-state index in [1.54, 1.807) is 12.1 Å².